The third-order valence-corrected chi connectivity index (χ3v) is 5.27. The van der Waals surface area contributed by atoms with Crippen LogP contribution < -0.4 is 16.0 Å². The normalized spacial score (nSPS) is 20.8. The Kier molecular flexibility index (Phi) is 5.10. The standard InChI is InChI=1S/C15H23N7OS/c1-21(2)15-18-11(9-24-15)7-17-14(23)13-8-22(20-19-13)12-5-3-10(16)4-6-12/h8-10,12H,3-7,16H2,1-2H3,(H,17,23). The number of hydrogen-bond donors (Lipinski definition) is 2. The molecule has 0 aliphatic heterocycles. The van der Waals surface area contributed by atoms with Crippen LogP contribution in [0.5, 0.6) is 0 Å². The van der Waals surface area contributed by atoms with E-state index in [0.717, 1.165) is 36.5 Å². The zero-order valence-electron chi connectivity index (χ0n) is 14.0. The first-order valence-electron chi connectivity index (χ1n) is 8.10. The van der Waals surface area contributed by atoms with Crippen LogP contribution in [0.1, 0.15) is 47.9 Å². The average molecular weight is 349 g/mol. The first kappa shape index (κ1) is 16.8. The molecule has 130 valence electrons. The molecule has 0 radical (unpaired) electrons. The van der Waals surface area contributed by atoms with Crippen LogP contribution >= 0.6 is 11.3 Å². The Morgan fingerprint density at radius 3 is 2.83 bits per heavy atom. The summed E-state index contributed by atoms with van der Waals surface area (Å²) in [6.45, 7) is 0.383. The fourth-order valence-electron chi connectivity index (χ4n) is 2.77. The number of carbonyl (C=O) groups excluding carboxylic acids is 1. The summed E-state index contributed by atoms with van der Waals surface area (Å²) in [7, 11) is 3.88. The molecule has 8 nitrogen and oxygen atoms in total. The van der Waals surface area contributed by atoms with Crippen LogP contribution in [0.3, 0.4) is 0 Å². The van der Waals surface area contributed by atoms with E-state index in [2.05, 4.69) is 20.6 Å². The van der Waals surface area contributed by atoms with Crippen LogP contribution in [0, 0.1) is 0 Å². The van der Waals surface area contributed by atoms with Crippen molar-refractivity contribution >= 4 is 22.4 Å². The van der Waals surface area contributed by atoms with Gasteiger partial charge in [-0.3, -0.25) is 4.79 Å². The monoisotopic (exact) mass is 349 g/mol. The highest BCUT2D eigenvalue weighted by Gasteiger charge is 2.22. The second-order valence-corrected chi connectivity index (χ2v) is 7.19. The lowest BCUT2D eigenvalue weighted by atomic mass is 9.92. The zero-order chi connectivity index (χ0) is 17.1. The van der Waals surface area contributed by atoms with Gasteiger partial charge in [-0.25, -0.2) is 9.67 Å². The van der Waals surface area contributed by atoms with Crippen LogP contribution in [0.25, 0.3) is 0 Å². The summed E-state index contributed by atoms with van der Waals surface area (Å²) in [5, 5.41) is 13.8. The molecule has 1 saturated carbocycles. The van der Waals surface area contributed by atoms with Crippen molar-refractivity contribution in [1.29, 1.82) is 0 Å². The number of nitrogens with two attached hydrogens (primary N) is 1. The van der Waals surface area contributed by atoms with Gasteiger partial charge in [0.1, 0.15) is 0 Å². The highest BCUT2D eigenvalue weighted by Crippen LogP contribution is 2.26. The molecule has 1 amide bonds. The van der Waals surface area contributed by atoms with Gasteiger partial charge in [0.15, 0.2) is 10.8 Å². The SMILES string of the molecule is CN(C)c1nc(CNC(=O)c2cn(C3CCC(N)CC3)nn2)cs1. The highest BCUT2D eigenvalue weighted by molar-refractivity contribution is 7.13. The minimum absolute atomic E-state index is 0.229. The molecule has 1 aliphatic carbocycles. The fraction of sp³-hybridized carbons (Fsp3) is 0.600. The lowest BCUT2D eigenvalue weighted by Crippen LogP contribution is -2.28. The van der Waals surface area contributed by atoms with Gasteiger partial charge in [-0.05, 0) is 25.7 Å². The van der Waals surface area contributed by atoms with E-state index in [0.29, 0.717) is 18.3 Å². The van der Waals surface area contributed by atoms with Crippen molar-refractivity contribution in [3.05, 3.63) is 23.0 Å². The molecule has 0 unspecified atom stereocenters. The molecular formula is C15H23N7OS. The van der Waals surface area contributed by atoms with E-state index >= 15 is 0 Å². The summed E-state index contributed by atoms with van der Waals surface area (Å²) in [5.41, 5.74) is 7.11. The maximum atomic E-state index is 12.2. The summed E-state index contributed by atoms with van der Waals surface area (Å²) in [6, 6.07) is 0.581. The number of anilines is 1. The smallest absolute Gasteiger partial charge is 0.273 e. The highest BCUT2D eigenvalue weighted by atomic mass is 32.1. The van der Waals surface area contributed by atoms with E-state index in [4.69, 9.17) is 5.73 Å². The molecule has 3 N–H and O–H groups in total. The van der Waals surface area contributed by atoms with Gasteiger partial charge in [-0.2, -0.15) is 0 Å². The van der Waals surface area contributed by atoms with E-state index < -0.39 is 0 Å². The van der Waals surface area contributed by atoms with Crippen LogP contribution in [-0.2, 0) is 6.54 Å². The largest absolute Gasteiger partial charge is 0.354 e. The molecule has 9 heteroatoms. The van der Waals surface area contributed by atoms with Gasteiger partial charge in [0.05, 0.1) is 24.5 Å². The van der Waals surface area contributed by atoms with Crippen molar-refractivity contribution in [3.8, 4) is 0 Å². The molecule has 0 aromatic carbocycles. The molecule has 2 aromatic rings. The molecule has 0 saturated heterocycles. The minimum atomic E-state index is -0.229. The average Bonchev–Trinajstić information content (AvgIpc) is 3.23. The van der Waals surface area contributed by atoms with Crippen LogP contribution in [0.15, 0.2) is 11.6 Å². The zero-order valence-corrected chi connectivity index (χ0v) is 14.8. The molecule has 0 bridgehead atoms. The maximum Gasteiger partial charge on any atom is 0.273 e. The van der Waals surface area contributed by atoms with Crippen molar-refractivity contribution in [2.45, 2.75) is 44.3 Å². The third kappa shape index (κ3) is 3.90. The van der Waals surface area contributed by atoms with Crippen molar-refractivity contribution in [3.63, 3.8) is 0 Å². The van der Waals surface area contributed by atoms with Gasteiger partial charge in [0.25, 0.3) is 5.91 Å². The molecule has 2 aromatic heterocycles. The van der Waals surface area contributed by atoms with Gasteiger partial charge in [-0.15, -0.1) is 16.4 Å². The van der Waals surface area contributed by atoms with Gasteiger partial charge in [0.2, 0.25) is 0 Å². The van der Waals surface area contributed by atoms with Crippen molar-refractivity contribution in [2.75, 3.05) is 19.0 Å². The van der Waals surface area contributed by atoms with Crippen LogP contribution in [-0.4, -0.2) is 46.0 Å². The summed E-state index contributed by atoms with van der Waals surface area (Å²) < 4.78 is 1.80. The van der Waals surface area contributed by atoms with Gasteiger partial charge < -0.3 is 16.0 Å². The molecule has 0 atom stereocenters. The number of carbonyl (C=O) groups is 1. The fourth-order valence-corrected chi connectivity index (χ4v) is 3.53. The van der Waals surface area contributed by atoms with Gasteiger partial charge >= 0.3 is 0 Å². The molecule has 1 aliphatic rings. The second-order valence-electron chi connectivity index (χ2n) is 6.35. The number of aromatic nitrogens is 4. The molecule has 2 heterocycles. The number of hydrogen-bond acceptors (Lipinski definition) is 7. The minimum Gasteiger partial charge on any atom is -0.354 e. The Morgan fingerprint density at radius 2 is 2.17 bits per heavy atom. The maximum absolute atomic E-state index is 12.2. The van der Waals surface area contributed by atoms with Crippen molar-refractivity contribution in [2.24, 2.45) is 5.73 Å². The Balaban J connectivity index is 1.55. The van der Waals surface area contributed by atoms with E-state index in [9.17, 15) is 4.79 Å². The Hall–Kier alpha value is -2.00. The quantitative estimate of drug-likeness (QED) is 0.840. The van der Waals surface area contributed by atoms with Gasteiger partial charge in [-0.1, -0.05) is 5.21 Å². The topological polar surface area (TPSA) is 102 Å². The molecular weight excluding hydrogens is 326 g/mol. The number of rotatable bonds is 5. The lowest BCUT2D eigenvalue weighted by Gasteiger charge is -2.25. The second kappa shape index (κ2) is 7.27. The van der Waals surface area contributed by atoms with Crippen LogP contribution in [0.2, 0.25) is 0 Å². The van der Waals surface area contributed by atoms with Crippen molar-refractivity contribution < 1.29 is 4.79 Å². The van der Waals surface area contributed by atoms with Gasteiger partial charge in [0, 0.05) is 25.5 Å². The lowest BCUT2D eigenvalue weighted by molar-refractivity contribution is 0.0945. The number of thiazole rings is 1. The first-order valence-corrected chi connectivity index (χ1v) is 8.98. The number of amides is 1. The molecule has 0 spiro atoms. The number of nitrogens with one attached hydrogen (secondary N) is 1. The predicted molar refractivity (Wildman–Crippen MR) is 93.1 cm³/mol. The van der Waals surface area contributed by atoms with E-state index in [1.165, 1.54) is 0 Å². The number of nitrogens with zero attached hydrogens (tertiary/aromatic N) is 5. The van der Waals surface area contributed by atoms with E-state index in [-0.39, 0.29) is 11.9 Å². The van der Waals surface area contributed by atoms with E-state index in [1.54, 1.807) is 22.2 Å². The Bertz CT molecular complexity index is 688. The Morgan fingerprint density at radius 1 is 1.42 bits per heavy atom. The predicted octanol–water partition coefficient (Wildman–Crippen LogP) is 1.17. The van der Waals surface area contributed by atoms with Crippen molar-refractivity contribution in [1.82, 2.24) is 25.3 Å². The Labute approximate surface area is 145 Å². The third-order valence-electron chi connectivity index (χ3n) is 4.21. The first-order chi connectivity index (χ1) is 11.5. The molecule has 24 heavy (non-hydrogen) atoms. The molecule has 3 rings (SSSR count). The van der Waals surface area contributed by atoms with Crippen LogP contribution in [0.4, 0.5) is 5.13 Å². The summed E-state index contributed by atoms with van der Waals surface area (Å²) in [4.78, 5) is 18.6. The summed E-state index contributed by atoms with van der Waals surface area (Å²) in [5.74, 6) is -0.229. The summed E-state index contributed by atoms with van der Waals surface area (Å²) >= 11 is 1.55. The summed E-state index contributed by atoms with van der Waals surface area (Å²) in [6.07, 6.45) is 5.67. The molecule has 1 fully saturated rings. The van der Waals surface area contributed by atoms with E-state index in [1.807, 2.05) is 24.4 Å².